The van der Waals surface area contributed by atoms with Crippen LogP contribution in [0, 0.1) is 0 Å². The molecule has 0 aliphatic rings. The molecule has 0 amide bonds. The van der Waals surface area contributed by atoms with Gasteiger partial charge in [-0.2, -0.15) is 0 Å². The van der Waals surface area contributed by atoms with Gasteiger partial charge in [0.1, 0.15) is 5.75 Å². The number of ketones is 1. The van der Waals surface area contributed by atoms with E-state index in [1.165, 1.54) is 13.0 Å². The maximum Gasteiger partial charge on any atom is 0.409 e. The normalized spacial score (nSPS) is 9.64. The number of benzene rings is 1. The van der Waals surface area contributed by atoms with Crippen LogP contribution in [0.3, 0.4) is 0 Å². The molecule has 0 saturated carbocycles. The van der Waals surface area contributed by atoms with Crippen LogP contribution in [-0.4, -0.2) is 11.2 Å². The fourth-order valence-electron chi connectivity index (χ4n) is 0.958. The number of rotatable bonds is 2. The van der Waals surface area contributed by atoms with Gasteiger partial charge >= 0.3 is 5.43 Å². The zero-order chi connectivity index (χ0) is 10.7. The zero-order valence-electron chi connectivity index (χ0n) is 7.21. The summed E-state index contributed by atoms with van der Waals surface area (Å²) in [5, 5.41) is 0. The molecule has 1 rings (SSSR count). The van der Waals surface area contributed by atoms with Crippen LogP contribution in [0.15, 0.2) is 22.7 Å². The quantitative estimate of drug-likeness (QED) is 0.615. The second kappa shape index (κ2) is 4.57. The maximum absolute atomic E-state index is 11.1. The molecule has 0 spiro atoms. The van der Waals surface area contributed by atoms with Crippen molar-refractivity contribution in [1.82, 2.24) is 0 Å². The van der Waals surface area contributed by atoms with Gasteiger partial charge in [-0.05, 0) is 25.1 Å². The number of hydrogen-bond donors (Lipinski definition) is 0. The maximum atomic E-state index is 11.1. The fourth-order valence-corrected chi connectivity index (χ4v) is 1.38. The first-order chi connectivity index (χ1) is 6.50. The van der Waals surface area contributed by atoms with Crippen molar-refractivity contribution in [1.29, 1.82) is 0 Å². The number of hydrogen-bond acceptors (Lipinski definition) is 3. The number of carbonyl (C=O) groups excluding carboxylic acids is 2. The second-order valence-corrected chi connectivity index (χ2v) is 3.76. The molecule has 0 unspecified atom stereocenters. The van der Waals surface area contributed by atoms with E-state index in [0.29, 0.717) is 10.0 Å². The summed E-state index contributed by atoms with van der Waals surface area (Å²) in [6, 6.07) is 4.75. The molecular formula is C9H6BrClO3. The summed E-state index contributed by atoms with van der Waals surface area (Å²) in [5.74, 6) is -0.0303. The van der Waals surface area contributed by atoms with Crippen LogP contribution in [0.5, 0.6) is 5.75 Å². The Labute approximate surface area is 94.1 Å². The van der Waals surface area contributed by atoms with E-state index >= 15 is 0 Å². The highest BCUT2D eigenvalue weighted by Gasteiger charge is 2.11. The number of halogens is 2. The Bertz CT molecular complexity index is 390. The van der Waals surface area contributed by atoms with Crippen molar-refractivity contribution in [2.45, 2.75) is 6.92 Å². The monoisotopic (exact) mass is 276 g/mol. The van der Waals surface area contributed by atoms with E-state index in [1.807, 2.05) is 0 Å². The highest BCUT2D eigenvalue weighted by atomic mass is 79.9. The van der Waals surface area contributed by atoms with Crippen LogP contribution in [0.1, 0.15) is 17.3 Å². The zero-order valence-corrected chi connectivity index (χ0v) is 9.55. The molecule has 1 aromatic carbocycles. The van der Waals surface area contributed by atoms with Crippen LogP contribution in [0.2, 0.25) is 0 Å². The Balaban J connectivity index is 3.15. The van der Waals surface area contributed by atoms with Crippen molar-refractivity contribution in [3.63, 3.8) is 0 Å². The largest absolute Gasteiger partial charge is 0.414 e. The van der Waals surface area contributed by atoms with Gasteiger partial charge in [0.05, 0.1) is 5.56 Å². The van der Waals surface area contributed by atoms with Gasteiger partial charge in [0.25, 0.3) is 0 Å². The molecule has 14 heavy (non-hydrogen) atoms. The first kappa shape index (κ1) is 11.2. The molecule has 0 fully saturated rings. The number of Topliss-reactive ketones (excluding diaryl/α,β-unsaturated/α-hetero) is 1. The minimum Gasteiger partial charge on any atom is -0.414 e. The predicted molar refractivity (Wildman–Crippen MR) is 56.0 cm³/mol. The summed E-state index contributed by atoms with van der Waals surface area (Å²) in [5.41, 5.74) is -0.646. The van der Waals surface area contributed by atoms with Crippen molar-refractivity contribution in [2.75, 3.05) is 0 Å². The summed E-state index contributed by atoms with van der Waals surface area (Å²) >= 11 is 8.24. The highest BCUT2D eigenvalue weighted by Crippen LogP contribution is 2.24. The molecule has 0 aliphatic heterocycles. The summed E-state index contributed by atoms with van der Waals surface area (Å²) in [4.78, 5) is 21.6. The standard InChI is InChI=1S/C9H6BrClO3/c1-5(12)7-3-2-6(10)4-8(7)14-9(11)13/h2-4H,1H3. The first-order valence-electron chi connectivity index (χ1n) is 3.68. The summed E-state index contributed by atoms with van der Waals surface area (Å²) in [6.07, 6.45) is 0. The lowest BCUT2D eigenvalue weighted by atomic mass is 10.1. The van der Waals surface area contributed by atoms with Crippen molar-refractivity contribution < 1.29 is 14.3 Å². The fraction of sp³-hybridized carbons (Fsp3) is 0.111. The van der Waals surface area contributed by atoms with Crippen molar-refractivity contribution >= 4 is 38.7 Å². The predicted octanol–water partition coefficient (Wildman–Crippen LogP) is 3.39. The van der Waals surface area contributed by atoms with Crippen LogP contribution in [0.25, 0.3) is 0 Å². The Kier molecular flexibility index (Phi) is 3.66. The van der Waals surface area contributed by atoms with Crippen molar-refractivity contribution in [3.8, 4) is 5.75 Å². The topological polar surface area (TPSA) is 43.4 Å². The lowest BCUT2D eigenvalue weighted by molar-refractivity contribution is 0.101. The van der Waals surface area contributed by atoms with Gasteiger partial charge in [0.2, 0.25) is 0 Å². The van der Waals surface area contributed by atoms with Gasteiger partial charge < -0.3 is 4.74 Å². The third-order valence-electron chi connectivity index (χ3n) is 1.51. The molecule has 0 radical (unpaired) electrons. The Morgan fingerprint density at radius 1 is 1.43 bits per heavy atom. The van der Waals surface area contributed by atoms with E-state index in [2.05, 4.69) is 20.7 Å². The Hall–Kier alpha value is -0.870. The molecule has 5 heteroatoms. The summed E-state index contributed by atoms with van der Waals surface area (Å²) in [6.45, 7) is 1.38. The second-order valence-electron chi connectivity index (χ2n) is 2.54. The molecule has 0 heterocycles. The van der Waals surface area contributed by atoms with Crippen LogP contribution < -0.4 is 4.74 Å². The van der Waals surface area contributed by atoms with Gasteiger partial charge in [0.15, 0.2) is 5.78 Å². The molecule has 0 N–H and O–H groups in total. The highest BCUT2D eigenvalue weighted by molar-refractivity contribution is 9.10. The van der Waals surface area contributed by atoms with Gasteiger partial charge in [-0.3, -0.25) is 4.79 Å². The Morgan fingerprint density at radius 2 is 2.07 bits per heavy atom. The van der Waals surface area contributed by atoms with Crippen LogP contribution in [-0.2, 0) is 0 Å². The molecule has 0 aliphatic carbocycles. The number of carbonyl (C=O) groups is 2. The minimum absolute atomic E-state index is 0.159. The molecular weight excluding hydrogens is 271 g/mol. The van der Waals surface area contributed by atoms with Gasteiger partial charge in [-0.1, -0.05) is 15.9 Å². The van der Waals surface area contributed by atoms with Crippen molar-refractivity contribution in [3.05, 3.63) is 28.2 Å². The molecule has 0 atom stereocenters. The third-order valence-corrected chi connectivity index (χ3v) is 2.08. The van der Waals surface area contributed by atoms with E-state index in [1.54, 1.807) is 12.1 Å². The lowest BCUT2D eigenvalue weighted by Crippen LogP contribution is -2.02. The van der Waals surface area contributed by atoms with Gasteiger partial charge in [0, 0.05) is 16.1 Å². The molecule has 1 aromatic rings. The first-order valence-corrected chi connectivity index (χ1v) is 4.85. The van der Waals surface area contributed by atoms with E-state index in [9.17, 15) is 9.59 Å². The van der Waals surface area contributed by atoms with E-state index in [0.717, 1.165) is 0 Å². The third kappa shape index (κ3) is 2.82. The Morgan fingerprint density at radius 3 is 2.57 bits per heavy atom. The SMILES string of the molecule is CC(=O)c1ccc(Br)cc1OC(=O)Cl. The molecule has 0 bridgehead atoms. The van der Waals surface area contributed by atoms with Crippen LogP contribution in [0.4, 0.5) is 4.79 Å². The average molecular weight is 278 g/mol. The minimum atomic E-state index is -0.967. The van der Waals surface area contributed by atoms with E-state index in [-0.39, 0.29) is 11.5 Å². The lowest BCUT2D eigenvalue weighted by Gasteiger charge is -2.05. The van der Waals surface area contributed by atoms with Gasteiger partial charge in [-0.15, -0.1) is 0 Å². The molecule has 3 nitrogen and oxygen atoms in total. The summed E-state index contributed by atoms with van der Waals surface area (Å²) < 4.78 is 5.37. The van der Waals surface area contributed by atoms with Crippen LogP contribution >= 0.6 is 27.5 Å². The molecule has 0 aromatic heterocycles. The smallest absolute Gasteiger partial charge is 0.409 e. The number of ether oxygens (including phenoxy) is 1. The average Bonchev–Trinajstić information content (AvgIpc) is 2.01. The summed E-state index contributed by atoms with van der Waals surface area (Å²) in [7, 11) is 0. The molecule has 74 valence electrons. The van der Waals surface area contributed by atoms with Crippen molar-refractivity contribution in [2.24, 2.45) is 0 Å². The van der Waals surface area contributed by atoms with E-state index in [4.69, 9.17) is 11.6 Å². The van der Waals surface area contributed by atoms with E-state index < -0.39 is 5.43 Å². The van der Waals surface area contributed by atoms with Gasteiger partial charge in [-0.25, -0.2) is 4.79 Å². The molecule has 0 saturated heterocycles.